The summed E-state index contributed by atoms with van der Waals surface area (Å²) >= 11 is 1.50. The van der Waals surface area contributed by atoms with Gasteiger partial charge in [-0.1, -0.05) is 51.6 Å². The second kappa shape index (κ2) is 7.69. The van der Waals surface area contributed by atoms with Gasteiger partial charge in [0.1, 0.15) is 11.6 Å². The van der Waals surface area contributed by atoms with Crippen molar-refractivity contribution in [1.29, 1.82) is 0 Å². The lowest BCUT2D eigenvalue weighted by atomic mass is 9.69. The third-order valence-electron chi connectivity index (χ3n) is 5.46. The number of fused-ring (bicyclic) bond motifs is 1. The van der Waals surface area contributed by atoms with Gasteiger partial charge in [-0.3, -0.25) is 9.59 Å². The number of anilines is 1. The van der Waals surface area contributed by atoms with Crippen molar-refractivity contribution in [3.63, 3.8) is 0 Å². The van der Waals surface area contributed by atoms with E-state index in [9.17, 15) is 14.0 Å². The molecule has 2 aliphatic rings. The number of allylic oxidation sites excluding steroid dienone is 2. The topological polar surface area (TPSA) is 74.8 Å². The molecule has 2 aromatic rings. The zero-order chi connectivity index (χ0) is 21.6. The third kappa shape index (κ3) is 3.95. The first-order chi connectivity index (χ1) is 14.1. The van der Waals surface area contributed by atoms with E-state index in [1.807, 2.05) is 0 Å². The van der Waals surface area contributed by atoms with Crippen LogP contribution in [0.15, 0.2) is 45.5 Å². The Morgan fingerprint density at radius 3 is 2.57 bits per heavy atom. The van der Waals surface area contributed by atoms with Gasteiger partial charge in [0.05, 0.1) is 5.56 Å². The number of nitrogens with one attached hydrogen (secondary N) is 2. The SMILES string of the molecule is CC(C)CSc1nc2c(c(=O)[nH]1)[C@H](c1ccc(F)cc1)C1=C(CC(C)(C)CC1=O)N2. The molecule has 0 saturated heterocycles. The molecule has 0 saturated carbocycles. The molecule has 0 bridgehead atoms. The van der Waals surface area contributed by atoms with Crippen LogP contribution in [0.2, 0.25) is 0 Å². The van der Waals surface area contributed by atoms with Crippen LogP contribution in [0.3, 0.4) is 0 Å². The summed E-state index contributed by atoms with van der Waals surface area (Å²) in [5.41, 5.74) is 2.11. The molecule has 158 valence electrons. The highest BCUT2D eigenvalue weighted by molar-refractivity contribution is 7.99. The average Bonchev–Trinajstić information content (AvgIpc) is 2.64. The molecule has 0 radical (unpaired) electrons. The van der Waals surface area contributed by atoms with E-state index >= 15 is 0 Å². The molecule has 1 atom stereocenters. The molecule has 5 nitrogen and oxygen atoms in total. The van der Waals surface area contributed by atoms with Gasteiger partial charge < -0.3 is 10.3 Å². The van der Waals surface area contributed by atoms with E-state index in [0.29, 0.717) is 40.9 Å². The van der Waals surface area contributed by atoms with E-state index in [2.05, 4.69) is 43.0 Å². The van der Waals surface area contributed by atoms with Gasteiger partial charge in [0.25, 0.3) is 5.56 Å². The predicted molar refractivity (Wildman–Crippen MR) is 117 cm³/mol. The minimum atomic E-state index is -0.555. The first-order valence-electron chi connectivity index (χ1n) is 10.2. The highest BCUT2D eigenvalue weighted by atomic mass is 32.2. The maximum atomic E-state index is 13.6. The number of thioether (sulfide) groups is 1. The largest absolute Gasteiger partial charge is 0.343 e. The summed E-state index contributed by atoms with van der Waals surface area (Å²) in [7, 11) is 0. The summed E-state index contributed by atoms with van der Waals surface area (Å²) < 4.78 is 13.6. The lowest BCUT2D eigenvalue weighted by Crippen LogP contribution is -2.37. The zero-order valence-corrected chi connectivity index (χ0v) is 18.5. The number of rotatable bonds is 4. The Balaban J connectivity index is 1.88. The molecule has 0 fully saturated rings. The normalized spacial score (nSPS) is 20.1. The summed E-state index contributed by atoms with van der Waals surface area (Å²) in [5, 5.41) is 3.86. The quantitative estimate of drug-likeness (QED) is 0.539. The molecule has 7 heteroatoms. The maximum Gasteiger partial charge on any atom is 0.257 e. The van der Waals surface area contributed by atoms with Crippen molar-refractivity contribution < 1.29 is 9.18 Å². The smallest absolute Gasteiger partial charge is 0.257 e. The lowest BCUT2D eigenvalue weighted by molar-refractivity contribution is -0.118. The summed E-state index contributed by atoms with van der Waals surface area (Å²) in [5.74, 6) is 0.895. The number of ketones is 1. The number of aromatic nitrogens is 2. The van der Waals surface area contributed by atoms with Crippen LogP contribution in [0.25, 0.3) is 0 Å². The number of benzene rings is 1. The Hall–Kier alpha value is -2.41. The molecule has 2 heterocycles. The predicted octanol–water partition coefficient (Wildman–Crippen LogP) is 4.86. The molecule has 0 spiro atoms. The summed E-state index contributed by atoms with van der Waals surface area (Å²) in [4.78, 5) is 33.8. The summed E-state index contributed by atoms with van der Waals surface area (Å²) in [6.45, 7) is 8.35. The Morgan fingerprint density at radius 1 is 1.20 bits per heavy atom. The van der Waals surface area contributed by atoms with Crippen molar-refractivity contribution in [3.05, 3.63) is 62.8 Å². The van der Waals surface area contributed by atoms with E-state index in [1.165, 1.54) is 23.9 Å². The van der Waals surface area contributed by atoms with Gasteiger partial charge in [0, 0.05) is 29.4 Å². The second-order valence-electron chi connectivity index (χ2n) is 9.28. The lowest BCUT2D eigenvalue weighted by Gasteiger charge is -2.38. The highest BCUT2D eigenvalue weighted by Gasteiger charge is 2.42. The first kappa shape index (κ1) is 20.8. The molecule has 4 rings (SSSR count). The number of halogens is 1. The van der Waals surface area contributed by atoms with Crippen LogP contribution >= 0.6 is 11.8 Å². The fourth-order valence-corrected chi connectivity index (χ4v) is 5.01. The van der Waals surface area contributed by atoms with E-state index < -0.39 is 5.92 Å². The molecule has 0 amide bonds. The Labute approximate surface area is 179 Å². The number of carbonyl (C=O) groups excluding carboxylic acids is 1. The second-order valence-corrected chi connectivity index (χ2v) is 10.3. The Morgan fingerprint density at radius 2 is 1.90 bits per heavy atom. The Bertz CT molecular complexity index is 1090. The van der Waals surface area contributed by atoms with Crippen molar-refractivity contribution in [2.75, 3.05) is 11.1 Å². The molecule has 2 N–H and O–H groups in total. The number of hydrogen-bond acceptors (Lipinski definition) is 5. The monoisotopic (exact) mass is 427 g/mol. The van der Waals surface area contributed by atoms with Gasteiger partial charge in [-0.25, -0.2) is 9.37 Å². The van der Waals surface area contributed by atoms with Gasteiger partial charge >= 0.3 is 0 Å². The molecule has 1 aliphatic carbocycles. The molecule has 0 unspecified atom stereocenters. The maximum absolute atomic E-state index is 13.6. The van der Waals surface area contributed by atoms with E-state index in [4.69, 9.17) is 0 Å². The molecule has 30 heavy (non-hydrogen) atoms. The Kier molecular flexibility index (Phi) is 5.34. The average molecular weight is 428 g/mol. The van der Waals surface area contributed by atoms with Crippen LogP contribution in [0.1, 0.15) is 57.6 Å². The first-order valence-corrected chi connectivity index (χ1v) is 11.2. The van der Waals surface area contributed by atoms with E-state index in [1.54, 1.807) is 12.1 Å². The summed E-state index contributed by atoms with van der Waals surface area (Å²) in [6, 6.07) is 6.02. The van der Waals surface area contributed by atoms with Gasteiger partial charge in [-0.15, -0.1) is 0 Å². The standard InChI is InChI=1S/C23H26FN3O2S/c1-12(2)11-30-22-26-20-19(21(29)27-22)17(13-5-7-14(24)8-6-13)18-15(25-20)9-23(3,4)10-16(18)28/h5-8,12,17H,9-11H2,1-4H3,(H2,25,26,27,29)/t17-/m1/s1. The van der Waals surface area contributed by atoms with Crippen LogP contribution in [0, 0.1) is 17.2 Å². The van der Waals surface area contributed by atoms with Crippen LogP contribution in [0.4, 0.5) is 10.2 Å². The third-order valence-corrected chi connectivity index (χ3v) is 6.76. The van der Waals surface area contributed by atoms with Gasteiger partial charge in [-0.05, 0) is 35.4 Å². The summed E-state index contributed by atoms with van der Waals surface area (Å²) in [6.07, 6.45) is 1.10. The van der Waals surface area contributed by atoms with E-state index in [-0.39, 0.29) is 22.6 Å². The molecular formula is C23H26FN3O2S. The van der Waals surface area contributed by atoms with Crippen LogP contribution in [0.5, 0.6) is 0 Å². The van der Waals surface area contributed by atoms with Crippen molar-refractivity contribution in [3.8, 4) is 0 Å². The number of nitrogens with zero attached hydrogens (tertiary/aromatic N) is 1. The number of hydrogen-bond donors (Lipinski definition) is 2. The van der Waals surface area contributed by atoms with Gasteiger partial charge in [0.2, 0.25) is 0 Å². The van der Waals surface area contributed by atoms with Crippen LogP contribution < -0.4 is 10.9 Å². The van der Waals surface area contributed by atoms with Crippen molar-refractivity contribution in [1.82, 2.24) is 9.97 Å². The van der Waals surface area contributed by atoms with Crippen LogP contribution in [-0.4, -0.2) is 21.5 Å². The molecule has 1 aromatic carbocycles. The number of carbonyl (C=O) groups is 1. The van der Waals surface area contributed by atoms with Crippen molar-refractivity contribution in [2.24, 2.45) is 11.3 Å². The molecule has 1 aromatic heterocycles. The minimum absolute atomic E-state index is 0.0198. The molecular weight excluding hydrogens is 401 g/mol. The zero-order valence-electron chi connectivity index (χ0n) is 17.6. The van der Waals surface area contributed by atoms with E-state index in [0.717, 1.165) is 17.0 Å². The van der Waals surface area contributed by atoms with Crippen molar-refractivity contribution in [2.45, 2.75) is 51.6 Å². The number of H-pyrrole nitrogens is 1. The minimum Gasteiger partial charge on any atom is -0.343 e. The van der Waals surface area contributed by atoms with Crippen molar-refractivity contribution >= 4 is 23.4 Å². The fourth-order valence-electron chi connectivity index (χ4n) is 4.20. The number of aromatic amines is 1. The van der Waals surface area contributed by atoms with Crippen LogP contribution in [-0.2, 0) is 4.79 Å². The highest BCUT2D eigenvalue weighted by Crippen LogP contribution is 2.47. The van der Waals surface area contributed by atoms with Gasteiger partial charge in [0.15, 0.2) is 10.9 Å². The molecule has 1 aliphatic heterocycles. The van der Waals surface area contributed by atoms with Gasteiger partial charge in [-0.2, -0.15) is 0 Å². The fraction of sp³-hybridized carbons (Fsp3) is 0.435. The number of Topliss-reactive ketones (excluding diaryl/α,β-unsaturated/α-hetero) is 1.